The maximum absolute atomic E-state index is 12.9. The Bertz CT molecular complexity index is 873. The number of likely N-dealkylation sites (tertiary alicyclic amines) is 1. The van der Waals surface area contributed by atoms with Crippen LogP contribution in [-0.2, 0) is 14.4 Å². The van der Waals surface area contributed by atoms with Gasteiger partial charge in [-0.3, -0.25) is 24.2 Å². The highest BCUT2D eigenvalue weighted by Gasteiger charge is 2.32. The number of hydrogen-bond donors (Lipinski definition) is 0. The smallest absolute Gasteiger partial charge is 0.248 e. The van der Waals surface area contributed by atoms with E-state index in [1.54, 1.807) is 4.90 Å². The Balaban J connectivity index is 0.00000280. The number of anilines is 1. The Morgan fingerprint density at radius 1 is 1.21 bits per heavy atom. The first-order valence-electron chi connectivity index (χ1n) is 8.69. The second-order valence-electron chi connectivity index (χ2n) is 6.68. The van der Waals surface area contributed by atoms with Crippen LogP contribution in [0.3, 0.4) is 0 Å². The number of carbonyl (C=O) groups is 3. The van der Waals surface area contributed by atoms with Gasteiger partial charge in [0.05, 0.1) is 10.2 Å². The maximum atomic E-state index is 12.9. The molecule has 10 heteroatoms. The van der Waals surface area contributed by atoms with Gasteiger partial charge in [-0.2, -0.15) is 0 Å². The average Bonchev–Trinajstić information content (AvgIpc) is 3.15. The molecule has 3 rings (SSSR count). The van der Waals surface area contributed by atoms with Crippen molar-refractivity contribution in [2.24, 2.45) is 0 Å². The summed E-state index contributed by atoms with van der Waals surface area (Å²) in [5, 5.41) is 0.589. The summed E-state index contributed by atoms with van der Waals surface area (Å²) in [7, 11) is 3.95. The molecule has 0 atom stereocenters. The van der Waals surface area contributed by atoms with Gasteiger partial charge in [0, 0.05) is 23.9 Å². The standard InChI is InChI=1S/C18H21BrN4O3S.ClH/c1-21(2)8-3-9-22(17(26)11-23-15(24)6-7-16(23)25)18-20-13-5-4-12(19)10-14(13)27-18;/h4-5,10H,3,6-9,11H2,1-2H3;1H. The van der Waals surface area contributed by atoms with Gasteiger partial charge in [0.2, 0.25) is 17.7 Å². The highest BCUT2D eigenvalue weighted by molar-refractivity contribution is 9.10. The van der Waals surface area contributed by atoms with Crippen molar-refractivity contribution in [3.05, 3.63) is 22.7 Å². The Morgan fingerprint density at radius 3 is 2.54 bits per heavy atom. The summed E-state index contributed by atoms with van der Waals surface area (Å²) >= 11 is 4.88. The zero-order valence-electron chi connectivity index (χ0n) is 15.7. The van der Waals surface area contributed by atoms with Gasteiger partial charge in [-0.25, -0.2) is 4.98 Å². The minimum atomic E-state index is -0.283. The van der Waals surface area contributed by atoms with Gasteiger partial charge in [-0.15, -0.1) is 12.4 Å². The molecule has 2 heterocycles. The third-order valence-electron chi connectivity index (χ3n) is 4.31. The molecule has 0 unspecified atom stereocenters. The van der Waals surface area contributed by atoms with Crippen molar-refractivity contribution in [2.75, 3.05) is 38.6 Å². The van der Waals surface area contributed by atoms with Gasteiger partial charge in [-0.1, -0.05) is 27.3 Å². The van der Waals surface area contributed by atoms with Crippen LogP contribution in [0.4, 0.5) is 5.13 Å². The second kappa shape index (κ2) is 9.78. The number of imide groups is 1. The van der Waals surface area contributed by atoms with Crippen molar-refractivity contribution in [3.63, 3.8) is 0 Å². The quantitative estimate of drug-likeness (QED) is 0.559. The fraction of sp³-hybridized carbons (Fsp3) is 0.444. The Labute approximate surface area is 182 Å². The van der Waals surface area contributed by atoms with Crippen molar-refractivity contribution >= 4 is 72.7 Å². The normalized spacial score (nSPS) is 14.1. The zero-order valence-corrected chi connectivity index (χ0v) is 18.9. The molecule has 152 valence electrons. The summed E-state index contributed by atoms with van der Waals surface area (Å²) in [6.45, 7) is 1.08. The summed E-state index contributed by atoms with van der Waals surface area (Å²) in [5.74, 6) is -0.847. The van der Waals surface area contributed by atoms with Crippen LogP contribution in [0.15, 0.2) is 22.7 Å². The molecule has 0 bridgehead atoms. The fourth-order valence-corrected chi connectivity index (χ4v) is 4.45. The number of benzene rings is 1. The summed E-state index contributed by atoms with van der Waals surface area (Å²) in [6.07, 6.45) is 1.13. The highest BCUT2D eigenvalue weighted by Crippen LogP contribution is 2.31. The summed E-state index contributed by atoms with van der Waals surface area (Å²) in [6, 6.07) is 5.77. The molecule has 0 saturated carbocycles. The van der Waals surface area contributed by atoms with Crippen LogP contribution in [0.5, 0.6) is 0 Å². The van der Waals surface area contributed by atoms with E-state index in [9.17, 15) is 14.4 Å². The molecular formula is C18H22BrClN4O3S. The number of fused-ring (bicyclic) bond motifs is 1. The Morgan fingerprint density at radius 2 is 1.89 bits per heavy atom. The summed E-state index contributed by atoms with van der Waals surface area (Å²) < 4.78 is 1.92. The molecule has 1 saturated heterocycles. The molecule has 7 nitrogen and oxygen atoms in total. The fourth-order valence-electron chi connectivity index (χ4n) is 2.89. The topological polar surface area (TPSA) is 73.8 Å². The first-order chi connectivity index (χ1) is 12.8. The minimum absolute atomic E-state index is 0. The first-order valence-corrected chi connectivity index (χ1v) is 10.3. The molecule has 1 fully saturated rings. The lowest BCUT2D eigenvalue weighted by molar-refractivity contribution is -0.141. The van der Waals surface area contributed by atoms with Crippen molar-refractivity contribution in [3.8, 4) is 0 Å². The molecule has 1 aromatic heterocycles. The first kappa shape index (κ1) is 22.7. The van der Waals surface area contributed by atoms with Crippen LogP contribution in [0.1, 0.15) is 19.3 Å². The van der Waals surface area contributed by atoms with Crippen molar-refractivity contribution in [1.29, 1.82) is 0 Å². The monoisotopic (exact) mass is 488 g/mol. The van der Waals surface area contributed by atoms with Gasteiger partial charge in [0.1, 0.15) is 6.54 Å². The van der Waals surface area contributed by atoms with E-state index in [1.807, 2.05) is 37.2 Å². The van der Waals surface area contributed by atoms with E-state index >= 15 is 0 Å². The molecule has 1 aromatic carbocycles. The Hall–Kier alpha value is -1.55. The van der Waals surface area contributed by atoms with Crippen LogP contribution in [0.2, 0.25) is 0 Å². The van der Waals surface area contributed by atoms with Crippen LogP contribution in [-0.4, -0.2) is 66.2 Å². The van der Waals surface area contributed by atoms with E-state index in [-0.39, 0.29) is 49.5 Å². The lowest BCUT2D eigenvalue weighted by Gasteiger charge is -2.23. The summed E-state index contributed by atoms with van der Waals surface area (Å²) in [5.41, 5.74) is 0.817. The molecular weight excluding hydrogens is 468 g/mol. The molecule has 3 amide bonds. The number of rotatable bonds is 7. The predicted molar refractivity (Wildman–Crippen MR) is 116 cm³/mol. The molecule has 0 N–H and O–H groups in total. The molecule has 1 aliphatic heterocycles. The Kier molecular flexibility index (Phi) is 7.94. The second-order valence-corrected chi connectivity index (χ2v) is 8.61. The molecule has 28 heavy (non-hydrogen) atoms. The molecule has 1 aliphatic rings. The number of aromatic nitrogens is 1. The average molecular weight is 490 g/mol. The zero-order chi connectivity index (χ0) is 19.6. The van der Waals surface area contributed by atoms with Crippen molar-refractivity contribution < 1.29 is 14.4 Å². The number of nitrogens with zero attached hydrogens (tertiary/aromatic N) is 4. The largest absolute Gasteiger partial charge is 0.309 e. The molecule has 0 radical (unpaired) electrons. The van der Waals surface area contributed by atoms with E-state index in [0.717, 1.165) is 32.6 Å². The van der Waals surface area contributed by atoms with Gasteiger partial charge in [0.15, 0.2) is 5.13 Å². The van der Waals surface area contributed by atoms with Crippen molar-refractivity contribution in [1.82, 2.24) is 14.8 Å². The lowest BCUT2D eigenvalue weighted by atomic mass is 10.3. The van der Waals surface area contributed by atoms with Crippen LogP contribution >= 0.6 is 39.7 Å². The minimum Gasteiger partial charge on any atom is -0.309 e. The number of carbonyl (C=O) groups excluding carboxylic acids is 3. The van der Waals surface area contributed by atoms with E-state index in [4.69, 9.17) is 0 Å². The summed E-state index contributed by atoms with van der Waals surface area (Å²) in [4.78, 5) is 46.0. The van der Waals surface area contributed by atoms with Crippen molar-refractivity contribution in [2.45, 2.75) is 19.3 Å². The third kappa shape index (κ3) is 5.28. The van der Waals surface area contributed by atoms with Gasteiger partial charge in [-0.05, 0) is 45.3 Å². The molecule has 0 spiro atoms. The highest BCUT2D eigenvalue weighted by atomic mass is 79.9. The van der Waals surface area contributed by atoms with E-state index in [2.05, 4.69) is 20.9 Å². The lowest BCUT2D eigenvalue weighted by Crippen LogP contribution is -2.43. The van der Waals surface area contributed by atoms with E-state index < -0.39 is 0 Å². The molecule has 0 aliphatic carbocycles. The van der Waals surface area contributed by atoms with Gasteiger partial charge in [0.25, 0.3) is 0 Å². The number of halogens is 2. The van der Waals surface area contributed by atoms with Gasteiger partial charge >= 0.3 is 0 Å². The van der Waals surface area contributed by atoms with Crippen LogP contribution < -0.4 is 4.90 Å². The van der Waals surface area contributed by atoms with Crippen LogP contribution in [0, 0.1) is 0 Å². The predicted octanol–water partition coefficient (Wildman–Crippen LogP) is 2.91. The maximum Gasteiger partial charge on any atom is 0.248 e. The third-order valence-corrected chi connectivity index (χ3v) is 5.84. The number of thiazole rings is 1. The van der Waals surface area contributed by atoms with Gasteiger partial charge < -0.3 is 4.90 Å². The number of hydrogen-bond acceptors (Lipinski definition) is 6. The van der Waals surface area contributed by atoms with Crippen LogP contribution in [0.25, 0.3) is 10.2 Å². The SMILES string of the molecule is CN(C)CCCN(C(=O)CN1C(=O)CCC1=O)c1nc2ccc(Br)cc2s1.Cl. The molecule has 2 aromatic rings. The van der Waals surface area contributed by atoms with E-state index in [0.29, 0.717) is 11.7 Å². The number of amides is 3. The van der Waals surface area contributed by atoms with E-state index in [1.165, 1.54) is 11.3 Å².